The van der Waals surface area contributed by atoms with E-state index in [1.54, 1.807) is 30.2 Å². The number of methoxy groups -OCH3 is 1. The van der Waals surface area contributed by atoms with E-state index in [9.17, 15) is 14.7 Å². The molecule has 8 heteroatoms. The number of phenolic OH excluding ortho intramolecular Hbond substituents is 1. The molecular formula is C36H35N3O5. The molecule has 3 aliphatic heterocycles. The highest BCUT2D eigenvalue weighted by atomic mass is 16.5. The minimum Gasteiger partial charge on any atom is -0.507 e. The number of amides is 2. The summed E-state index contributed by atoms with van der Waals surface area (Å²) in [5, 5.41) is 12.5. The van der Waals surface area contributed by atoms with Gasteiger partial charge < -0.3 is 24.4 Å². The monoisotopic (exact) mass is 589 g/mol. The molecular weight excluding hydrogens is 554 g/mol. The molecule has 2 amide bonds. The van der Waals surface area contributed by atoms with Gasteiger partial charge in [-0.15, -0.1) is 0 Å². The summed E-state index contributed by atoms with van der Waals surface area (Å²) in [4.78, 5) is 35.3. The van der Waals surface area contributed by atoms with Gasteiger partial charge in [0.15, 0.2) is 11.5 Å². The smallest absolute Gasteiger partial charge is 0.256 e. The van der Waals surface area contributed by atoms with Gasteiger partial charge in [0, 0.05) is 42.7 Å². The number of ether oxygens (including phenoxy) is 2. The number of hydrogen-bond donors (Lipinski definition) is 1. The van der Waals surface area contributed by atoms with Crippen LogP contribution in [-0.2, 0) is 17.8 Å². The molecule has 0 aromatic heterocycles. The lowest BCUT2D eigenvalue weighted by atomic mass is 9.95. The molecule has 224 valence electrons. The fraction of sp³-hybridized carbons (Fsp3) is 0.306. The lowest BCUT2D eigenvalue weighted by molar-refractivity contribution is -0.117. The summed E-state index contributed by atoms with van der Waals surface area (Å²) in [6.45, 7) is 3.69. The van der Waals surface area contributed by atoms with Crippen molar-refractivity contribution in [3.63, 3.8) is 0 Å². The molecule has 3 aliphatic rings. The Bertz CT molecular complexity index is 1820. The Morgan fingerprint density at radius 2 is 1.82 bits per heavy atom. The van der Waals surface area contributed by atoms with E-state index in [-0.39, 0.29) is 42.6 Å². The summed E-state index contributed by atoms with van der Waals surface area (Å²) in [6, 6.07) is 20.8. The molecule has 0 saturated carbocycles. The molecule has 4 aromatic rings. The van der Waals surface area contributed by atoms with Crippen LogP contribution in [0.5, 0.6) is 17.2 Å². The van der Waals surface area contributed by atoms with Crippen molar-refractivity contribution >= 4 is 40.2 Å². The van der Waals surface area contributed by atoms with Crippen molar-refractivity contribution in [2.24, 2.45) is 4.99 Å². The summed E-state index contributed by atoms with van der Waals surface area (Å²) in [6.07, 6.45) is 5.11. The van der Waals surface area contributed by atoms with E-state index in [2.05, 4.69) is 11.9 Å². The lowest BCUT2D eigenvalue weighted by Crippen LogP contribution is -2.43. The highest BCUT2D eigenvalue weighted by Crippen LogP contribution is 2.45. The quantitative estimate of drug-likeness (QED) is 0.276. The molecule has 3 heterocycles. The van der Waals surface area contributed by atoms with E-state index >= 15 is 0 Å². The van der Waals surface area contributed by atoms with Gasteiger partial charge in [0.05, 0.1) is 36.5 Å². The van der Waals surface area contributed by atoms with Crippen molar-refractivity contribution in [3.8, 4) is 17.2 Å². The molecule has 0 bridgehead atoms. The van der Waals surface area contributed by atoms with E-state index in [1.807, 2.05) is 59.6 Å². The predicted molar refractivity (Wildman–Crippen MR) is 171 cm³/mol. The number of benzene rings is 4. The van der Waals surface area contributed by atoms with Crippen LogP contribution in [0.15, 0.2) is 71.7 Å². The van der Waals surface area contributed by atoms with Crippen LogP contribution in [0.25, 0.3) is 10.8 Å². The Balaban J connectivity index is 1.08. The Morgan fingerprint density at radius 3 is 2.66 bits per heavy atom. The van der Waals surface area contributed by atoms with Crippen LogP contribution in [0, 0.1) is 0 Å². The van der Waals surface area contributed by atoms with Crippen molar-refractivity contribution in [3.05, 3.63) is 89.0 Å². The molecule has 0 spiro atoms. The molecule has 44 heavy (non-hydrogen) atoms. The Hall–Kier alpha value is -4.85. The fourth-order valence-electron chi connectivity index (χ4n) is 6.85. The van der Waals surface area contributed by atoms with Crippen molar-refractivity contribution in [1.29, 1.82) is 0 Å². The Kier molecular flexibility index (Phi) is 7.20. The van der Waals surface area contributed by atoms with Gasteiger partial charge in [0.25, 0.3) is 5.91 Å². The number of piperidine rings is 1. The third-order valence-electron chi connectivity index (χ3n) is 9.03. The number of aliphatic imine (C=N–C) groups is 1. The second-order valence-electron chi connectivity index (χ2n) is 11.9. The Labute approximate surface area is 256 Å². The second kappa shape index (κ2) is 11.3. The molecule has 1 fully saturated rings. The van der Waals surface area contributed by atoms with E-state index in [0.29, 0.717) is 29.3 Å². The second-order valence-corrected chi connectivity index (χ2v) is 11.9. The number of carbonyl (C=O) groups is 2. The van der Waals surface area contributed by atoms with Gasteiger partial charge in [-0.25, -0.2) is 0 Å². The first-order chi connectivity index (χ1) is 21.4. The maximum atomic E-state index is 13.6. The zero-order valence-electron chi connectivity index (χ0n) is 25.0. The topological polar surface area (TPSA) is 91.7 Å². The molecule has 2 atom stereocenters. The van der Waals surface area contributed by atoms with Gasteiger partial charge in [-0.3, -0.25) is 14.6 Å². The number of carbonyl (C=O) groups excluding carboxylic acids is 2. The molecule has 4 aromatic carbocycles. The van der Waals surface area contributed by atoms with Crippen LogP contribution >= 0.6 is 0 Å². The van der Waals surface area contributed by atoms with Crippen LogP contribution in [-0.4, -0.2) is 54.3 Å². The summed E-state index contributed by atoms with van der Waals surface area (Å²) in [5.41, 5.74) is 4.77. The number of rotatable bonds is 6. The van der Waals surface area contributed by atoms with Crippen LogP contribution < -0.4 is 14.4 Å². The maximum Gasteiger partial charge on any atom is 0.256 e. The molecule has 0 unspecified atom stereocenters. The van der Waals surface area contributed by atoms with E-state index in [4.69, 9.17) is 9.47 Å². The number of fused-ring (bicyclic) bond motifs is 5. The first kappa shape index (κ1) is 28.0. The number of hydrogen-bond acceptors (Lipinski definition) is 6. The lowest BCUT2D eigenvalue weighted by Gasteiger charge is -2.32. The summed E-state index contributed by atoms with van der Waals surface area (Å²) in [7, 11) is 1.56. The standard InChI is InChI=1S/C36H35N3O5/c1-22-20-39(30-18-31(40)26-11-3-4-12-27(26)35(22)30)34(41)15-23-8-7-9-24(14-23)21-44-33-17-29-28(16-32(33)43-2)36(42)38-13-6-5-10-25(38)19-37-29/h3-4,7-9,11-12,14,16-19,22,25,40H,5-6,10,13,15,20-21H2,1-2H3/t22-,25+/m1/s1. The SMILES string of the molecule is COc1cc2c(cc1OCc1cccc(CC(=O)N3C[C@@H](C)c4c3cc(O)c3ccccc43)c1)N=C[C@@H]1CCCCN1C2=O. The van der Waals surface area contributed by atoms with Crippen LogP contribution in [0.3, 0.4) is 0 Å². The molecule has 0 radical (unpaired) electrons. The van der Waals surface area contributed by atoms with Crippen LogP contribution in [0.2, 0.25) is 0 Å². The van der Waals surface area contributed by atoms with Crippen molar-refractivity contribution < 1.29 is 24.2 Å². The summed E-state index contributed by atoms with van der Waals surface area (Å²) < 4.78 is 11.8. The van der Waals surface area contributed by atoms with Gasteiger partial charge >= 0.3 is 0 Å². The molecule has 8 nitrogen and oxygen atoms in total. The fourth-order valence-corrected chi connectivity index (χ4v) is 6.85. The number of nitrogens with zero attached hydrogens (tertiary/aromatic N) is 3. The zero-order chi connectivity index (χ0) is 30.4. The highest BCUT2D eigenvalue weighted by molar-refractivity contribution is 6.04. The zero-order valence-corrected chi connectivity index (χ0v) is 25.0. The van der Waals surface area contributed by atoms with Gasteiger partial charge in [0.2, 0.25) is 5.91 Å². The number of anilines is 1. The van der Waals surface area contributed by atoms with Crippen molar-refractivity contribution in [1.82, 2.24) is 4.90 Å². The number of phenols is 1. The van der Waals surface area contributed by atoms with Gasteiger partial charge in [-0.1, -0.05) is 55.5 Å². The Morgan fingerprint density at radius 1 is 1.00 bits per heavy atom. The number of aromatic hydroxyl groups is 1. The van der Waals surface area contributed by atoms with Crippen molar-refractivity contribution in [2.45, 2.75) is 51.2 Å². The normalized spacial score (nSPS) is 18.9. The predicted octanol–water partition coefficient (Wildman–Crippen LogP) is 6.54. The minimum absolute atomic E-state index is 0.0189. The average Bonchev–Trinajstić information content (AvgIpc) is 3.31. The van der Waals surface area contributed by atoms with E-state index < -0.39 is 0 Å². The largest absolute Gasteiger partial charge is 0.507 e. The van der Waals surface area contributed by atoms with Gasteiger partial charge in [-0.2, -0.15) is 0 Å². The van der Waals surface area contributed by atoms with Crippen LogP contribution in [0.1, 0.15) is 59.2 Å². The first-order valence-electron chi connectivity index (χ1n) is 15.2. The van der Waals surface area contributed by atoms with Gasteiger partial charge in [-0.05, 0) is 47.4 Å². The third-order valence-corrected chi connectivity index (χ3v) is 9.03. The summed E-state index contributed by atoms with van der Waals surface area (Å²) >= 11 is 0. The first-order valence-corrected chi connectivity index (χ1v) is 15.2. The minimum atomic E-state index is -0.0252. The maximum absolute atomic E-state index is 13.6. The molecule has 0 aliphatic carbocycles. The molecule has 1 N–H and O–H groups in total. The summed E-state index contributed by atoms with van der Waals surface area (Å²) in [5.74, 6) is 1.29. The molecule has 1 saturated heterocycles. The van der Waals surface area contributed by atoms with E-state index in [1.165, 1.54) is 0 Å². The van der Waals surface area contributed by atoms with Gasteiger partial charge in [0.1, 0.15) is 12.4 Å². The average molecular weight is 590 g/mol. The molecule has 7 rings (SSSR count). The van der Waals surface area contributed by atoms with E-state index in [0.717, 1.165) is 59.0 Å². The third kappa shape index (κ3) is 4.94. The van der Waals surface area contributed by atoms with Crippen molar-refractivity contribution in [2.75, 3.05) is 25.1 Å². The van der Waals surface area contributed by atoms with Crippen LogP contribution in [0.4, 0.5) is 11.4 Å². The highest BCUT2D eigenvalue weighted by Gasteiger charge is 2.33.